The van der Waals surface area contributed by atoms with Crippen molar-refractivity contribution in [2.24, 2.45) is 0 Å². The minimum atomic E-state index is -1.39. The number of hydrogen-bond donors (Lipinski definition) is 2. The molecule has 0 radical (unpaired) electrons. The SMILES string of the molecule is O=C(O)c1ccccc1C(=O)Nc1cc(F)c(F)cc1F. The van der Waals surface area contributed by atoms with Crippen LogP contribution < -0.4 is 5.32 Å². The number of halogens is 3. The van der Waals surface area contributed by atoms with Gasteiger partial charge in [0.25, 0.3) is 5.91 Å². The molecule has 0 atom stereocenters. The summed E-state index contributed by atoms with van der Waals surface area (Å²) < 4.78 is 39.2. The molecule has 0 heterocycles. The number of carboxylic acids is 1. The molecule has 1 amide bonds. The van der Waals surface area contributed by atoms with Crippen molar-refractivity contribution in [1.29, 1.82) is 0 Å². The summed E-state index contributed by atoms with van der Waals surface area (Å²) in [6, 6.07) is 6.01. The normalized spacial score (nSPS) is 10.2. The minimum absolute atomic E-state index is 0.228. The molecule has 0 aliphatic carbocycles. The summed E-state index contributed by atoms with van der Waals surface area (Å²) >= 11 is 0. The topological polar surface area (TPSA) is 66.4 Å². The number of amides is 1. The van der Waals surface area contributed by atoms with E-state index < -0.39 is 35.0 Å². The van der Waals surface area contributed by atoms with Crippen molar-refractivity contribution in [3.63, 3.8) is 0 Å². The molecule has 7 heteroatoms. The third-order valence-electron chi connectivity index (χ3n) is 2.66. The van der Waals surface area contributed by atoms with Crippen molar-refractivity contribution in [1.82, 2.24) is 0 Å². The molecule has 0 unspecified atom stereocenters. The maximum Gasteiger partial charge on any atom is 0.336 e. The molecule has 2 rings (SSSR count). The highest BCUT2D eigenvalue weighted by Gasteiger charge is 2.18. The van der Waals surface area contributed by atoms with Crippen molar-refractivity contribution in [2.45, 2.75) is 0 Å². The van der Waals surface area contributed by atoms with Gasteiger partial charge in [-0.05, 0) is 12.1 Å². The molecule has 2 N–H and O–H groups in total. The van der Waals surface area contributed by atoms with Crippen LogP contribution >= 0.6 is 0 Å². The minimum Gasteiger partial charge on any atom is -0.478 e. The predicted octanol–water partition coefficient (Wildman–Crippen LogP) is 3.05. The molecule has 2 aromatic rings. The van der Waals surface area contributed by atoms with Crippen LogP contribution in [0.4, 0.5) is 18.9 Å². The van der Waals surface area contributed by atoms with Crippen LogP contribution in [0.25, 0.3) is 0 Å². The summed E-state index contributed by atoms with van der Waals surface area (Å²) in [5, 5.41) is 11.0. The van der Waals surface area contributed by atoms with Crippen LogP contribution in [0.3, 0.4) is 0 Å². The molecule has 0 bridgehead atoms. The maximum absolute atomic E-state index is 13.4. The molecule has 2 aromatic carbocycles. The molecule has 0 fully saturated rings. The van der Waals surface area contributed by atoms with Crippen LogP contribution in [0.15, 0.2) is 36.4 Å². The summed E-state index contributed by atoms with van der Waals surface area (Å²) in [4.78, 5) is 22.9. The van der Waals surface area contributed by atoms with E-state index >= 15 is 0 Å². The molecule has 21 heavy (non-hydrogen) atoms. The lowest BCUT2D eigenvalue weighted by Crippen LogP contribution is -2.17. The number of aromatic carboxylic acids is 1. The highest BCUT2D eigenvalue weighted by molar-refractivity contribution is 6.10. The molecule has 4 nitrogen and oxygen atoms in total. The largest absolute Gasteiger partial charge is 0.478 e. The molecule has 0 saturated heterocycles. The van der Waals surface area contributed by atoms with Gasteiger partial charge >= 0.3 is 5.97 Å². The number of nitrogens with one attached hydrogen (secondary N) is 1. The third kappa shape index (κ3) is 3.02. The van der Waals surface area contributed by atoms with E-state index in [9.17, 15) is 22.8 Å². The molecule has 0 aliphatic rings. The van der Waals surface area contributed by atoms with E-state index in [1.165, 1.54) is 24.3 Å². The second-order valence-corrected chi connectivity index (χ2v) is 4.05. The average molecular weight is 295 g/mol. The van der Waals surface area contributed by atoms with Gasteiger partial charge in [0.05, 0.1) is 16.8 Å². The van der Waals surface area contributed by atoms with E-state index in [0.29, 0.717) is 6.07 Å². The third-order valence-corrected chi connectivity index (χ3v) is 2.66. The molecular formula is C14H8F3NO3. The van der Waals surface area contributed by atoms with Crippen molar-refractivity contribution < 1.29 is 27.9 Å². The van der Waals surface area contributed by atoms with Gasteiger partial charge in [0, 0.05) is 12.1 Å². The molecule has 0 saturated carbocycles. The van der Waals surface area contributed by atoms with Crippen molar-refractivity contribution >= 4 is 17.6 Å². The Labute approximate surface area is 116 Å². The Kier molecular flexibility index (Phi) is 3.93. The molecular weight excluding hydrogens is 287 g/mol. The summed E-state index contributed by atoms with van der Waals surface area (Å²) in [7, 11) is 0. The lowest BCUT2D eigenvalue weighted by Gasteiger charge is -2.09. The molecule has 0 aliphatic heterocycles. The second-order valence-electron chi connectivity index (χ2n) is 4.05. The predicted molar refractivity (Wildman–Crippen MR) is 67.7 cm³/mol. The Morgan fingerprint density at radius 1 is 0.905 bits per heavy atom. The first-order valence-corrected chi connectivity index (χ1v) is 5.68. The highest BCUT2D eigenvalue weighted by atomic mass is 19.2. The highest BCUT2D eigenvalue weighted by Crippen LogP contribution is 2.20. The van der Waals surface area contributed by atoms with Gasteiger partial charge in [0.15, 0.2) is 11.6 Å². The number of hydrogen-bond acceptors (Lipinski definition) is 2. The Hall–Kier alpha value is -2.83. The van der Waals surface area contributed by atoms with E-state index in [1.54, 1.807) is 0 Å². The van der Waals surface area contributed by atoms with Gasteiger partial charge in [-0.1, -0.05) is 12.1 Å². The van der Waals surface area contributed by atoms with Gasteiger partial charge in [-0.2, -0.15) is 0 Å². The summed E-state index contributed by atoms with van der Waals surface area (Å²) in [6.07, 6.45) is 0. The Balaban J connectivity index is 2.35. The quantitative estimate of drug-likeness (QED) is 0.855. The number of anilines is 1. The summed E-state index contributed by atoms with van der Waals surface area (Å²) in [5.74, 6) is -6.19. The average Bonchev–Trinajstić information content (AvgIpc) is 2.44. The van der Waals surface area contributed by atoms with Crippen molar-refractivity contribution in [3.05, 3.63) is 65.0 Å². The van der Waals surface area contributed by atoms with E-state index in [0.717, 1.165) is 0 Å². The summed E-state index contributed by atoms with van der Waals surface area (Å²) in [5.41, 5.74) is -1.11. The fourth-order valence-electron chi connectivity index (χ4n) is 1.68. The zero-order valence-corrected chi connectivity index (χ0v) is 10.4. The van der Waals surface area contributed by atoms with Crippen LogP contribution in [-0.4, -0.2) is 17.0 Å². The van der Waals surface area contributed by atoms with E-state index in [1.807, 2.05) is 5.32 Å². The molecule has 0 spiro atoms. The lowest BCUT2D eigenvalue weighted by molar-refractivity contribution is 0.0692. The van der Waals surface area contributed by atoms with Crippen LogP contribution in [0.5, 0.6) is 0 Å². The van der Waals surface area contributed by atoms with Crippen LogP contribution in [0.2, 0.25) is 0 Å². The Morgan fingerprint density at radius 3 is 2.10 bits per heavy atom. The fraction of sp³-hybridized carbons (Fsp3) is 0. The van der Waals surface area contributed by atoms with Gasteiger partial charge in [-0.15, -0.1) is 0 Å². The number of carboxylic acid groups (broad SMARTS) is 1. The first-order chi connectivity index (χ1) is 9.90. The molecule has 108 valence electrons. The maximum atomic E-state index is 13.4. The van der Waals surface area contributed by atoms with E-state index in [4.69, 9.17) is 5.11 Å². The van der Waals surface area contributed by atoms with Crippen LogP contribution in [-0.2, 0) is 0 Å². The van der Waals surface area contributed by atoms with Crippen LogP contribution in [0, 0.1) is 17.5 Å². The first kappa shape index (κ1) is 14.6. The number of carbonyl (C=O) groups is 2. The van der Waals surface area contributed by atoms with Crippen molar-refractivity contribution in [2.75, 3.05) is 5.32 Å². The zero-order chi connectivity index (χ0) is 15.6. The Morgan fingerprint density at radius 2 is 1.48 bits per heavy atom. The van der Waals surface area contributed by atoms with Crippen LogP contribution in [0.1, 0.15) is 20.7 Å². The van der Waals surface area contributed by atoms with Gasteiger partial charge in [-0.3, -0.25) is 4.79 Å². The van der Waals surface area contributed by atoms with E-state index in [-0.39, 0.29) is 17.2 Å². The number of carbonyl (C=O) groups excluding carboxylic acids is 1. The summed E-state index contributed by atoms with van der Waals surface area (Å²) in [6.45, 7) is 0. The standard InChI is InChI=1S/C14H8F3NO3/c15-9-5-11(17)12(6-10(9)16)18-13(19)7-3-1-2-4-8(7)14(20)21/h1-6H,(H,18,19)(H,20,21). The monoisotopic (exact) mass is 295 g/mol. The second kappa shape index (κ2) is 5.66. The van der Waals surface area contributed by atoms with E-state index in [2.05, 4.69) is 0 Å². The van der Waals surface area contributed by atoms with Crippen molar-refractivity contribution in [3.8, 4) is 0 Å². The molecule has 0 aromatic heterocycles. The van der Waals surface area contributed by atoms with Gasteiger partial charge in [-0.25, -0.2) is 18.0 Å². The zero-order valence-electron chi connectivity index (χ0n) is 10.4. The van der Waals surface area contributed by atoms with Gasteiger partial charge < -0.3 is 10.4 Å². The van der Waals surface area contributed by atoms with Gasteiger partial charge in [0.1, 0.15) is 5.82 Å². The smallest absolute Gasteiger partial charge is 0.336 e. The van der Waals surface area contributed by atoms with Gasteiger partial charge in [0.2, 0.25) is 0 Å². The Bertz CT molecular complexity index is 731. The lowest BCUT2D eigenvalue weighted by atomic mass is 10.1. The fourth-order valence-corrected chi connectivity index (χ4v) is 1.68. The number of benzene rings is 2. The first-order valence-electron chi connectivity index (χ1n) is 5.68. The number of rotatable bonds is 3.